The third-order valence-electron chi connectivity index (χ3n) is 2.21. The van der Waals surface area contributed by atoms with E-state index in [2.05, 4.69) is 29.2 Å². The van der Waals surface area contributed by atoms with Crippen LogP contribution in [0.5, 0.6) is 0 Å². The SMILES string of the molecule is CCC(CC)n1cnc(CNC)n1. The first-order chi connectivity index (χ1) is 6.31. The third kappa shape index (κ3) is 2.52. The zero-order chi connectivity index (χ0) is 9.68. The van der Waals surface area contributed by atoms with E-state index in [0.717, 1.165) is 25.2 Å². The van der Waals surface area contributed by atoms with Crippen LogP contribution in [0, 0.1) is 0 Å². The molecule has 1 N–H and O–H groups in total. The molecule has 0 saturated carbocycles. The molecule has 1 rings (SSSR count). The fourth-order valence-electron chi connectivity index (χ4n) is 1.39. The molecule has 0 spiro atoms. The Hall–Kier alpha value is -0.900. The highest BCUT2D eigenvalue weighted by Crippen LogP contribution is 2.12. The monoisotopic (exact) mass is 182 g/mol. The number of nitrogens with one attached hydrogen (secondary N) is 1. The van der Waals surface area contributed by atoms with E-state index >= 15 is 0 Å². The largest absolute Gasteiger partial charge is 0.313 e. The summed E-state index contributed by atoms with van der Waals surface area (Å²) >= 11 is 0. The van der Waals surface area contributed by atoms with Crippen molar-refractivity contribution in [3.63, 3.8) is 0 Å². The molecule has 74 valence electrons. The van der Waals surface area contributed by atoms with E-state index in [1.165, 1.54) is 0 Å². The number of rotatable bonds is 5. The van der Waals surface area contributed by atoms with Crippen molar-refractivity contribution < 1.29 is 0 Å². The van der Waals surface area contributed by atoms with E-state index in [0.29, 0.717) is 6.04 Å². The summed E-state index contributed by atoms with van der Waals surface area (Å²) in [4.78, 5) is 4.21. The van der Waals surface area contributed by atoms with Gasteiger partial charge in [0.15, 0.2) is 5.82 Å². The zero-order valence-electron chi connectivity index (χ0n) is 8.62. The number of aromatic nitrogens is 3. The second-order valence-electron chi connectivity index (χ2n) is 3.14. The molecule has 0 bridgehead atoms. The number of nitrogens with zero attached hydrogens (tertiary/aromatic N) is 3. The minimum Gasteiger partial charge on any atom is -0.313 e. The van der Waals surface area contributed by atoms with E-state index < -0.39 is 0 Å². The topological polar surface area (TPSA) is 42.7 Å². The molecule has 13 heavy (non-hydrogen) atoms. The Morgan fingerprint density at radius 2 is 2.15 bits per heavy atom. The second kappa shape index (κ2) is 4.97. The van der Waals surface area contributed by atoms with Crippen LogP contribution in [0.1, 0.15) is 38.6 Å². The Labute approximate surface area is 79.4 Å². The van der Waals surface area contributed by atoms with Gasteiger partial charge in [-0.15, -0.1) is 0 Å². The predicted molar refractivity (Wildman–Crippen MR) is 52.4 cm³/mol. The van der Waals surface area contributed by atoms with Crippen molar-refractivity contribution in [1.82, 2.24) is 20.1 Å². The first kappa shape index (κ1) is 10.2. The van der Waals surface area contributed by atoms with Gasteiger partial charge in [0.2, 0.25) is 0 Å². The van der Waals surface area contributed by atoms with E-state index in [1.54, 1.807) is 0 Å². The molecule has 0 radical (unpaired) electrons. The van der Waals surface area contributed by atoms with Crippen LogP contribution in [0.3, 0.4) is 0 Å². The summed E-state index contributed by atoms with van der Waals surface area (Å²) < 4.78 is 1.96. The summed E-state index contributed by atoms with van der Waals surface area (Å²) in [7, 11) is 1.90. The van der Waals surface area contributed by atoms with Crippen molar-refractivity contribution >= 4 is 0 Å². The fraction of sp³-hybridized carbons (Fsp3) is 0.778. The highest BCUT2D eigenvalue weighted by atomic mass is 15.3. The normalized spacial score (nSPS) is 11.1. The predicted octanol–water partition coefficient (Wildman–Crippen LogP) is 1.36. The Morgan fingerprint density at radius 3 is 2.69 bits per heavy atom. The average molecular weight is 182 g/mol. The highest BCUT2D eigenvalue weighted by Gasteiger charge is 2.07. The van der Waals surface area contributed by atoms with Crippen molar-refractivity contribution in [2.45, 2.75) is 39.3 Å². The molecular weight excluding hydrogens is 164 g/mol. The van der Waals surface area contributed by atoms with Gasteiger partial charge in [0.05, 0.1) is 12.6 Å². The molecule has 0 aliphatic rings. The maximum atomic E-state index is 4.39. The minimum atomic E-state index is 0.498. The van der Waals surface area contributed by atoms with Gasteiger partial charge in [-0.1, -0.05) is 13.8 Å². The molecule has 1 aromatic heterocycles. The maximum Gasteiger partial charge on any atom is 0.164 e. The summed E-state index contributed by atoms with van der Waals surface area (Å²) in [5.74, 6) is 0.870. The number of hydrogen-bond donors (Lipinski definition) is 1. The van der Waals surface area contributed by atoms with E-state index in [4.69, 9.17) is 0 Å². The molecule has 0 fully saturated rings. The summed E-state index contributed by atoms with van der Waals surface area (Å²) in [6, 6.07) is 0.498. The van der Waals surface area contributed by atoms with Crippen LogP contribution in [-0.2, 0) is 6.54 Å². The van der Waals surface area contributed by atoms with Gasteiger partial charge in [0, 0.05) is 0 Å². The molecule has 0 amide bonds. The maximum absolute atomic E-state index is 4.39. The Kier molecular flexibility index (Phi) is 3.89. The molecule has 1 aromatic rings. The van der Waals surface area contributed by atoms with Crippen LogP contribution >= 0.6 is 0 Å². The molecule has 0 unspecified atom stereocenters. The molecule has 0 aromatic carbocycles. The first-order valence-corrected chi connectivity index (χ1v) is 4.86. The quantitative estimate of drug-likeness (QED) is 0.747. The van der Waals surface area contributed by atoms with E-state index in [1.807, 2.05) is 18.1 Å². The zero-order valence-corrected chi connectivity index (χ0v) is 8.62. The second-order valence-corrected chi connectivity index (χ2v) is 3.14. The fourth-order valence-corrected chi connectivity index (χ4v) is 1.39. The minimum absolute atomic E-state index is 0.498. The lowest BCUT2D eigenvalue weighted by molar-refractivity contribution is 0.424. The van der Waals surface area contributed by atoms with Crippen molar-refractivity contribution in [2.24, 2.45) is 0 Å². The molecule has 1 heterocycles. The smallest absolute Gasteiger partial charge is 0.164 e. The first-order valence-electron chi connectivity index (χ1n) is 4.86. The summed E-state index contributed by atoms with van der Waals surface area (Å²) in [6.07, 6.45) is 4.04. The molecular formula is C9H18N4. The van der Waals surface area contributed by atoms with Gasteiger partial charge in [0.1, 0.15) is 6.33 Å². The lowest BCUT2D eigenvalue weighted by atomic mass is 10.2. The van der Waals surface area contributed by atoms with Gasteiger partial charge < -0.3 is 5.32 Å². The van der Waals surface area contributed by atoms with Gasteiger partial charge in [-0.2, -0.15) is 5.10 Å². The molecule has 4 nitrogen and oxygen atoms in total. The standard InChI is InChI=1S/C9H18N4/c1-4-8(5-2)13-7-11-9(12-13)6-10-3/h7-8,10H,4-6H2,1-3H3. The van der Waals surface area contributed by atoms with Gasteiger partial charge in [0.25, 0.3) is 0 Å². The van der Waals surface area contributed by atoms with Crippen LogP contribution in [0.15, 0.2) is 6.33 Å². The highest BCUT2D eigenvalue weighted by molar-refractivity contribution is 4.82. The van der Waals surface area contributed by atoms with Crippen LogP contribution in [0.2, 0.25) is 0 Å². The van der Waals surface area contributed by atoms with E-state index in [-0.39, 0.29) is 0 Å². The Morgan fingerprint density at radius 1 is 1.46 bits per heavy atom. The lowest BCUT2D eigenvalue weighted by Crippen LogP contribution is -2.10. The van der Waals surface area contributed by atoms with Crippen LogP contribution in [0.25, 0.3) is 0 Å². The van der Waals surface area contributed by atoms with Crippen LogP contribution in [0.4, 0.5) is 0 Å². The molecule has 0 atom stereocenters. The van der Waals surface area contributed by atoms with Gasteiger partial charge in [-0.25, -0.2) is 9.67 Å². The number of hydrogen-bond acceptors (Lipinski definition) is 3. The van der Waals surface area contributed by atoms with E-state index in [9.17, 15) is 0 Å². The van der Waals surface area contributed by atoms with Crippen molar-refractivity contribution in [1.29, 1.82) is 0 Å². The Balaban J connectivity index is 2.66. The lowest BCUT2D eigenvalue weighted by Gasteiger charge is -2.11. The average Bonchev–Trinajstić information content (AvgIpc) is 2.56. The Bertz CT molecular complexity index is 240. The van der Waals surface area contributed by atoms with Crippen molar-refractivity contribution in [2.75, 3.05) is 7.05 Å². The van der Waals surface area contributed by atoms with Gasteiger partial charge >= 0.3 is 0 Å². The molecule has 0 saturated heterocycles. The molecule has 0 aliphatic heterocycles. The van der Waals surface area contributed by atoms with Crippen molar-refractivity contribution in [3.05, 3.63) is 12.2 Å². The van der Waals surface area contributed by atoms with Gasteiger partial charge in [-0.3, -0.25) is 0 Å². The van der Waals surface area contributed by atoms with Gasteiger partial charge in [-0.05, 0) is 19.9 Å². The van der Waals surface area contributed by atoms with Crippen molar-refractivity contribution in [3.8, 4) is 0 Å². The molecule has 4 heteroatoms. The summed E-state index contributed by atoms with van der Waals surface area (Å²) in [5, 5.41) is 7.42. The summed E-state index contributed by atoms with van der Waals surface area (Å²) in [5.41, 5.74) is 0. The van der Waals surface area contributed by atoms with Crippen LogP contribution < -0.4 is 5.32 Å². The third-order valence-corrected chi connectivity index (χ3v) is 2.21. The summed E-state index contributed by atoms with van der Waals surface area (Å²) in [6.45, 7) is 5.09. The van der Waals surface area contributed by atoms with Crippen LogP contribution in [-0.4, -0.2) is 21.8 Å². The molecule has 0 aliphatic carbocycles.